The highest BCUT2D eigenvalue weighted by atomic mass is 16.5. The molecule has 10 heteroatoms. The van der Waals surface area contributed by atoms with E-state index in [1.165, 1.54) is 6.92 Å². The van der Waals surface area contributed by atoms with Crippen molar-refractivity contribution < 1.29 is 14.6 Å². The van der Waals surface area contributed by atoms with Gasteiger partial charge in [-0.25, -0.2) is 0 Å². The summed E-state index contributed by atoms with van der Waals surface area (Å²) in [5.41, 5.74) is 1.57. The van der Waals surface area contributed by atoms with Crippen molar-refractivity contribution in [2.24, 2.45) is 0 Å². The molecule has 0 spiro atoms. The van der Waals surface area contributed by atoms with Gasteiger partial charge < -0.3 is 31.1 Å². The van der Waals surface area contributed by atoms with Crippen LogP contribution in [0.4, 0.5) is 29.2 Å². The summed E-state index contributed by atoms with van der Waals surface area (Å²) in [7, 11) is 0. The quantitative estimate of drug-likeness (QED) is 0.233. The smallest absolute Gasteiger partial charge is 0.233 e. The van der Waals surface area contributed by atoms with E-state index >= 15 is 0 Å². The van der Waals surface area contributed by atoms with Crippen molar-refractivity contribution in [1.82, 2.24) is 20.3 Å². The standard InChI is InChI=1S/C21H25N7O3/c1-15(29)22-11-13-31-14-12-23-19-26-20(24-16-5-3-2-4-6-16)28-21(27-19)25-17-7-9-18(30)10-8-17/h2-10,30H,11-14H2,1H3,(H,22,29)(H3,23,24,25,26,27,28). The fourth-order valence-electron chi connectivity index (χ4n) is 2.53. The van der Waals surface area contributed by atoms with Gasteiger partial charge in [-0.2, -0.15) is 15.0 Å². The third kappa shape index (κ3) is 7.78. The van der Waals surface area contributed by atoms with E-state index in [2.05, 4.69) is 36.2 Å². The molecule has 0 saturated carbocycles. The lowest BCUT2D eigenvalue weighted by molar-refractivity contribution is -0.119. The third-order valence-electron chi connectivity index (χ3n) is 3.94. The van der Waals surface area contributed by atoms with Gasteiger partial charge >= 0.3 is 0 Å². The first-order valence-corrected chi connectivity index (χ1v) is 9.79. The van der Waals surface area contributed by atoms with Crippen LogP contribution in [0.1, 0.15) is 6.92 Å². The van der Waals surface area contributed by atoms with Gasteiger partial charge in [0.05, 0.1) is 13.2 Å². The number of anilines is 5. The van der Waals surface area contributed by atoms with Gasteiger partial charge in [-0.05, 0) is 36.4 Å². The monoisotopic (exact) mass is 423 g/mol. The van der Waals surface area contributed by atoms with E-state index in [1.54, 1.807) is 24.3 Å². The lowest BCUT2D eigenvalue weighted by Crippen LogP contribution is -2.25. The predicted octanol–water partition coefficient (Wildman–Crippen LogP) is 2.63. The number of hydrogen-bond donors (Lipinski definition) is 5. The lowest BCUT2D eigenvalue weighted by Gasteiger charge is -2.12. The van der Waals surface area contributed by atoms with Gasteiger partial charge in [-0.1, -0.05) is 18.2 Å². The number of ether oxygens (including phenoxy) is 1. The highest BCUT2D eigenvalue weighted by Gasteiger charge is 2.08. The number of hydrogen-bond acceptors (Lipinski definition) is 9. The van der Waals surface area contributed by atoms with E-state index in [0.717, 1.165) is 11.4 Å². The van der Waals surface area contributed by atoms with Crippen LogP contribution >= 0.6 is 0 Å². The molecule has 1 amide bonds. The van der Waals surface area contributed by atoms with Crippen LogP contribution in [0.3, 0.4) is 0 Å². The number of aromatic hydroxyl groups is 1. The number of rotatable bonds is 11. The van der Waals surface area contributed by atoms with Crippen LogP contribution in [-0.2, 0) is 9.53 Å². The molecule has 31 heavy (non-hydrogen) atoms. The van der Waals surface area contributed by atoms with Crippen molar-refractivity contribution in [3.8, 4) is 5.75 Å². The number of aromatic nitrogens is 3. The molecular formula is C21H25N7O3. The molecule has 0 aliphatic rings. The fraction of sp³-hybridized carbons (Fsp3) is 0.238. The minimum atomic E-state index is -0.0842. The second-order valence-corrected chi connectivity index (χ2v) is 6.49. The first-order chi connectivity index (χ1) is 15.1. The van der Waals surface area contributed by atoms with Gasteiger partial charge in [0.2, 0.25) is 23.8 Å². The van der Waals surface area contributed by atoms with Gasteiger partial charge in [0.25, 0.3) is 0 Å². The Kier molecular flexibility index (Phi) is 7.95. The largest absolute Gasteiger partial charge is 0.508 e. The Bertz CT molecular complexity index is 968. The van der Waals surface area contributed by atoms with E-state index in [-0.39, 0.29) is 11.7 Å². The molecule has 5 N–H and O–H groups in total. The van der Waals surface area contributed by atoms with Crippen LogP contribution < -0.4 is 21.3 Å². The molecule has 10 nitrogen and oxygen atoms in total. The van der Waals surface area contributed by atoms with Crippen molar-refractivity contribution in [2.75, 3.05) is 42.3 Å². The Balaban J connectivity index is 1.64. The molecule has 2 aromatic carbocycles. The maximum atomic E-state index is 10.8. The molecule has 1 heterocycles. The van der Waals surface area contributed by atoms with E-state index in [0.29, 0.717) is 44.1 Å². The normalized spacial score (nSPS) is 10.4. The van der Waals surface area contributed by atoms with E-state index in [1.807, 2.05) is 30.3 Å². The molecule has 0 radical (unpaired) electrons. The van der Waals surface area contributed by atoms with Crippen molar-refractivity contribution in [3.05, 3.63) is 54.6 Å². The highest BCUT2D eigenvalue weighted by Crippen LogP contribution is 2.20. The van der Waals surface area contributed by atoms with Crippen LogP contribution in [0, 0.1) is 0 Å². The lowest BCUT2D eigenvalue weighted by atomic mass is 10.3. The number of benzene rings is 2. The maximum Gasteiger partial charge on any atom is 0.233 e. The average molecular weight is 423 g/mol. The predicted molar refractivity (Wildman–Crippen MR) is 119 cm³/mol. The van der Waals surface area contributed by atoms with Gasteiger partial charge in [0.1, 0.15) is 5.75 Å². The molecule has 0 atom stereocenters. The number of phenolic OH excluding ortho intramolecular Hbond substituents is 1. The Hall–Kier alpha value is -3.92. The highest BCUT2D eigenvalue weighted by molar-refractivity contribution is 5.72. The summed E-state index contributed by atoms with van der Waals surface area (Å²) in [6.07, 6.45) is 0. The SMILES string of the molecule is CC(=O)NCCOCCNc1nc(Nc2ccccc2)nc(Nc2ccc(O)cc2)n1. The summed E-state index contributed by atoms with van der Waals surface area (Å²) >= 11 is 0. The molecule has 0 fully saturated rings. The first kappa shape index (κ1) is 21.8. The molecule has 0 aliphatic heterocycles. The Morgan fingerprint density at radius 3 is 2.06 bits per heavy atom. The third-order valence-corrected chi connectivity index (χ3v) is 3.94. The topological polar surface area (TPSA) is 133 Å². The maximum absolute atomic E-state index is 10.8. The van der Waals surface area contributed by atoms with Crippen LogP contribution in [0.15, 0.2) is 54.6 Å². The van der Waals surface area contributed by atoms with Crippen LogP contribution in [0.2, 0.25) is 0 Å². The van der Waals surface area contributed by atoms with E-state index < -0.39 is 0 Å². The fourth-order valence-corrected chi connectivity index (χ4v) is 2.53. The Morgan fingerprint density at radius 2 is 1.42 bits per heavy atom. The number of nitrogens with one attached hydrogen (secondary N) is 4. The molecule has 0 bridgehead atoms. The minimum Gasteiger partial charge on any atom is -0.508 e. The number of para-hydroxylation sites is 1. The molecule has 162 valence electrons. The second-order valence-electron chi connectivity index (χ2n) is 6.49. The van der Waals surface area contributed by atoms with Gasteiger partial charge in [0.15, 0.2) is 0 Å². The number of carbonyl (C=O) groups excluding carboxylic acids is 1. The molecule has 3 rings (SSSR count). The Morgan fingerprint density at radius 1 is 0.839 bits per heavy atom. The van der Waals surface area contributed by atoms with Crippen LogP contribution in [-0.4, -0.2) is 52.3 Å². The number of nitrogens with zero attached hydrogens (tertiary/aromatic N) is 3. The van der Waals surface area contributed by atoms with Crippen molar-refractivity contribution in [2.45, 2.75) is 6.92 Å². The minimum absolute atomic E-state index is 0.0842. The van der Waals surface area contributed by atoms with Crippen molar-refractivity contribution in [1.29, 1.82) is 0 Å². The molecule has 0 aliphatic carbocycles. The molecule has 0 unspecified atom stereocenters. The average Bonchev–Trinajstić information content (AvgIpc) is 2.75. The summed E-state index contributed by atoms with van der Waals surface area (Å²) in [4.78, 5) is 24.0. The zero-order valence-corrected chi connectivity index (χ0v) is 17.1. The van der Waals surface area contributed by atoms with Crippen molar-refractivity contribution in [3.63, 3.8) is 0 Å². The van der Waals surface area contributed by atoms with E-state index in [9.17, 15) is 9.90 Å². The summed E-state index contributed by atoms with van der Waals surface area (Å²) in [6.45, 7) is 3.26. The van der Waals surface area contributed by atoms with Crippen LogP contribution in [0.25, 0.3) is 0 Å². The zero-order chi connectivity index (χ0) is 21.9. The molecule has 3 aromatic rings. The summed E-state index contributed by atoms with van der Waals surface area (Å²) in [5.74, 6) is 1.18. The zero-order valence-electron chi connectivity index (χ0n) is 17.1. The summed E-state index contributed by atoms with van der Waals surface area (Å²) in [5, 5.41) is 21.5. The first-order valence-electron chi connectivity index (χ1n) is 9.79. The van der Waals surface area contributed by atoms with Gasteiger partial charge in [-0.3, -0.25) is 4.79 Å². The van der Waals surface area contributed by atoms with Crippen molar-refractivity contribution >= 4 is 35.1 Å². The molecule has 1 aromatic heterocycles. The summed E-state index contributed by atoms with van der Waals surface area (Å²) in [6, 6.07) is 16.2. The number of phenols is 1. The number of carbonyl (C=O) groups is 1. The molecule has 0 saturated heterocycles. The molecular weight excluding hydrogens is 398 g/mol. The van der Waals surface area contributed by atoms with Gasteiger partial charge in [0, 0.05) is 31.4 Å². The second kappa shape index (κ2) is 11.3. The van der Waals surface area contributed by atoms with Gasteiger partial charge in [-0.15, -0.1) is 0 Å². The summed E-state index contributed by atoms with van der Waals surface area (Å²) < 4.78 is 5.47. The van der Waals surface area contributed by atoms with Crippen LogP contribution in [0.5, 0.6) is 5.75 Å². The Labute approximate surface area is 180 Å². The number of amides is 1. The van der Waals surface area contributed by atoms with E-state index in [4.69, 9.17) is 4.74 Å².